The van der Waals surface area contributed by atoms with Crippen LogP contribution in [0, 0.1) is 0 Å². The van der Waals surface area contributed by atoms with Crippen molar-refractivity contribution in [1.29, 1.82) is 0 Å². The van der Waals surface area contributed by atoms with E-state index in [2.05, 4.69) is 17.2 Å². The summed E-state index contributed by atoms with van der Waals surface area (Å²) in [6.07, 6.45) is 3.69. The van der Waals surface area contributed by atoms with Crippen LogP contribution >= 0.6 is 0 Å². The molecule has 6 heteroatoms. The summed E-state index contributed by atoms with van der Waals surface area (Å²) in [5.41, 5.74) is 5.37. The molecule has 0 spiro atoms. The summed E-state index contributed by atoms with van der Waals surface area (Å²) >= 11 is 0. The van der Waals surface area contributed by atoms with Crippen LogP contribution in [0.4, 0.5) is 0 Å². The molecule has 5 aromatic rings. The van der Waals surface area contributed by atoms with Gasteiger partial charge in [0.1, 0.15) is 5.65 Å². The van der Waals surface area contributed by atoms with E-state index in [4.69, 9.17) is 5.10 Å². The maximum atomic E-state index is 12.8. The molecule has 6 nitrogen and oxygen atoms in total. The molecule has 0 unspecified atom stereocenters. The molecule has 2 aromatic carbocycles. The lowest BCUT2D eigenvalue weighted by molar-refractivity contribution is 0.768. The topological polar surface area (TPSA) is 57.1 Å². The van der Waals surface area contributed by atoms with Crippen molar-refractivity contribution in [2.75, 3.05) is 0 Å². The first kappa shape index (κ1) is 15.6. The van der Waals surface area contributed by atoms with Crippen LogP contribution in [0.25, 0.3) is 38.9 Å². The van der Waals surface area contributed by atoms with Crippen LogP contribution in [0.2, 0.25) is 0 Å². The molecular weight excluding hydrogens is 338 g/mol. The van der Waals surface area contributed by atoms with Gasteiger partial charge >= 0.3 is 0 Å². The molecule has 132 valence electrons. The van der Waals surface area contributed by atoms with Crippen LogP contribution in [0.1, 0.15) is 0 Å². The van der Waals surface area contributed by atoms with Crippen molar-refractivity contribution in [2.45, 2.75) is 0 Å². The average molecular weight is 355 g/mol. The maximum Gasteiger partial charge on any atom is 0.261 e. The summed E-state index contributed by atoms with van der Waals surface area (Å²) in [5.74, 6) is 0. The quantitative estimate of drug-likeness (QED) is 0.488. The summed E-state index contributed by atoms with van der Waals surface area (Å²) in [7, 11) is 3.65. The van der Waals surface area contributed by atoms with Crippen molar-refractivity contribution in [1.82, 2.24) is 24.0 Å². The minimum atomic E-state index is -0.0326. The van der Waals surface area contributed by atoms with E-state index < -0.39 is 0 Å². The third-order valence-electron chi connectivity index (χ3n) is 4.90. The van der Waals surface area contributed by atoms with Gasteiger partial charge in [0.2, 0.25) is 0 Å². The van der Waals surface area contributed by atoms with E-state index in [0.717, 1.165) is 33.5 Å². The lowest BCUT2D eigenvalue weighted by Crippen LogP contribution is -2.19. The van der Waals surface area contributed by atoms with E-state index in [9.17, 15) is 4.79 Å². The highest BCUT2D eigenvalue weighted by Gasteiger charge is 2.14. The Morgan fingerprint density at radius 2 is 1.70 bits per heavy atom. The molecule has 5 rings (SSSR count). The Morgan fingerprint density at radius 3 is 2.44 bits per heavy atom. The number of hydrogen-bond acceptors (Lipinski definition) is 3. The summed E-state index contributed by atoms with van der Waals surface area (Å²) in [6, 6.07) is 17.9. The Balaban J connectivity index is 1.83. The fourth-order valence-corrected chi connectivity index (χ4v) is 3.46. The van der Waals surface area contributed by atoms with Crippen LogP contribution in [-0.4, -0.2) is 24.0 Å². The Morgan fingerprint density at radius 1 is 0.889 bits per heavy atom. The highest BCUT2D eigenvalue weighted by Crippen LogP contribution is 2.25. The zero-order valence-electron chi connectivity index (χ0n) is 15.0. The van der Waals surface area contributed by atoms with Gasteiger partial charge in [-0.05, 0) is 23.3 Å². The Bertz CT molecular complexity index is 1360. The minimum Gasteiger partial charge on any atom is -0.296 e. The van der Waals surface area contributed by atoms with Gasteiger partial charge in [-0.15, -0.1) is 0 Å². The molecule has 0 aliphatic heterocycles. The van der Waals surface area contributed by atoms with Crippen molar-refractivity contribution in [3.05, 3.63) is 77.3 Å². The van der Waals surface area contributed by atoms with Gasteiger partial charge in [-0.1, -0.05) is 36.4 Å². The van der Waals surface area contributed by atoms with Gasteiger partial charge in [0, 0.05) is 31.9 Å². The summed E-state index contributed by atoms with van der Waals surface area (Å²) < 4.78 is 5.22. The second-order valence-electron chi connectivity index (χ2n) is 6.66. The van der Waals surface area contributed by atoms with Crippen LogP contribution in [-0.2, 0) is 14.1 Å². The lowest BCUT2D eigenvalue weighted by Gasteiger charge is -2.08. The molecule has 0 atom stereocenters. The summed E-state index contributed by atoms with van der Waals surface area (Å²) in [5, 5.41) is 9.63. The monoisotopic (exact) mass is 355 g/mol. The Hall–Kier alpha value is -3.67. The maximum absolute atomic E-state index is 12.8. The molecule has 0 bridgehead atoms. The van der Waals surface area contributed by atoms with Crippen molar-refractivity contribution in [3.63, 3.8) is 0 Å². The Kier molecular flexibility index (Phi) is 3.27. The second kappa shape index (κ2) is 5.67. The third-order valence-corrected chi connectivity index (χ3v) is 4.90. The van der Waals surface area contributed by atoms with Crippen molar-refractivity contribution >= 4 is 16.6 Å². The van der Waals surface area contributed by atoms with Crippen LogP contribution in [0.3, 0.4) is 0 Å². The zero-order valence-corrected chi connectivity index (χ0v) is 15.0. The SMILES string of the molecule is Cn1cc(-c2cc3n(C)c(=O)c4ccc(-c5ccccc5)cc4n3n2)cn1. The normalized spacial score (nSPS) is 11.5. The predicted octanol–water partition coefficient (Wildman–Crippen LogP) is 3.25. The predicted molar refractivity (Wildman–Crippen MR) is 106 cm³/mol. The number of hydrogen-bond donors (Lipinski definition) is 0. The van der Waals surface area contributed by atoms with Crippen molar-refractivity contribution < 1.29 is 0 Å². The smallest absolute Gasteiger partial charge is 0.261 e. The molecule has 27 heavy (non-hydrogen) atoms. The molecule has 0 N–H and O–H groups in total. The van der Waals surface area contributed by atoms with E-state index in [1.807, 2.05) is 60.2 Å². The second-order valence-corrected chi connectivity index (χ2v) is 6.66. The average Bonchev–Trinajstić information content (AvgIpc) is 3.33. The number of fused-ring (bicyclic) bond motifs is 3. The van der Waals surface area contributed by atoms with E-state index in [1.54, 1.807) is 22.5 Å². The first-order chi connectivity index (χ1) is 13.1. The van der Waals surface area contributed by atoms with Crippen LogP contribution in [0.5, 0.6) is 0 Å². The van der Waals surface area contributed by atoms with Gasteiger partial charge in [-0.25, -0.2) is 4.52 Å². The molecular formula is C21H17N5O. The third kappa shape index (κ3) is 2.38. The van der Waals surface area contributed by atoms with Gasteiger partial charge < -0.3 is 0 Å². The van der Waals surface area contributed by atoms with Gasteiger partial charge in [0.05, 0.1) is 22.8 Å². The number of rotatable bonds is 2. The lowest BCUT2D eigenvalue weighted by atomic mass is 10.0. The standard InChI is InChI=1S/C21H17N5O/c1-24-13-16(12-22-24)18-11-20-25(2)21(27)17-9-8-15(10-19(17)26(20)23-18)14-6-4-3-5-7-14/h3-13H,1-2H3. The van der Waals surface area contributed by atoms with Crippen LogP contribution in [0.15, 0.2) is 71.8 Å². The molecule has 0 saturated heterocycles. The van der Waals surface area contributed by atoms with Crippen LogP contribution < -0.4 is 5.56 Å². The Labute approximate surface area is 154 Å². The minimum absolute atomic E-state index is 0.0326. The van der Waals surface area contributed by atoms with Gasteiger partial charge in [-0.3, -0.25) is 14.0 Å². The van der Waals surface area contributed by atoms with Gasteiger partial charge in [-0.2, -0.15) is 10.2 Å². The van der Waals surface area contributed by atoms with E-state index in [0.29, 0.717) is 5.39 Å². The van der Waals surface area contributed by atoms with E-state index in [1.165, 1.54) is 0 Å². The first-order valence-corrected chi connectivity index (χ1v) is 8.69. The largest absolute Gasteiger partial charge is 0.296 e. The van der Waals surface area contributed by atoms with E-state index in [-0.39, 0.29) is 5.56 Å². The highest BCUT2D eigenvalue weighted by atomic mass is 16.1. The first-order valence-electron chi connectivity index (χ1n) is 8.69. The number of aromatic nitrogens is 5. The number of benzene rings is 2. The summed E-state index contributed by atoms with van der Waals surface area (Å²) in [6.45, 7) is 0. The van der Waals surface area contributed by atoms with E-state index >= 15 is 0 Å². The van der Waals surface area contributed by atoms with Gasteiger partial charge in [0.15, 0.2) is 0 Å². The molecule has 3 aromatic heterocycles. The fourth-order valence-electron chi connectivity index (χ4n) is 3.46. The number of nitrogens with zero attached hydrogens (tertiary/aromatic N) is 5. The highest BCUT2D eigenvalue weighted by molar-refractivity contribution is 5.86. The molecule has 0 saturated carbocycles. The van der Waals surface area contributed by atoms with Gasteiger partial charge in [0.25, 0.3) is 5.56 Å². The fraction of sp³-hybridized carbons (Fsp3) is 0.0952. The zero-order chi connectivity index (χ0) is 18.5. The molecule has 0 radical (unpaired) electrons. The summed E-state index contributed by atoms with van der Waals surface area (Å²) in [4.78, 5) is 12.8. The number of aryl methyl sites for hydroxylation is 2. The molecule has 0 aliphatic carbocycles. The molecule has 0 fully saturated rings. The van der Waals surface area contributed by atoms with Crippen molar-refractivity contribution in [3.8, 4) is 22.4 Å². The molecule has 0 aliphatic rings. The molecule has 0 amide bonds. The van der Waals surface area contributed by atoms with Crippen molar-refractivity contribution in [2.24, 2.45) is 14.1 Å². The molecule has 3 heterocycles.